The summed E-state index contributed by atoms with van der Waals surface area (Å²) in [6.45, 7) is 0.622. The van der Waals surface area contributed by atoms with Crippen LogP contribution in [0.25, 0.3) is 0 Å². The Labute approximate surface area is 59.4 Å². The zero-order chi connectivity index (χ0) is 7.56. The molecule has 1 rings (SSSR count). The lowest BCUT2D eigenvalue weighted by atomic mass is 10.0. The van der Waals surface area contributed by atoms with E-state index in [1.54, 1.807) is 0 Å². The molecule has 0 spiro atoms. The van der Waals surface area contributed by atoms with Gasteiger partial charge in [-0.25, -0.2) is 0 Å². The van der Waals surface area contributed by atoms with Crippen LogP contribution in [-0.4, -0.2) is 29.7 Å². The van der Waals surface area contributed by atoms with Crippen LogP contribution in [0, 0.1) is 0 Å². The fourth-order valence-corrected chi connectivity index (χ4v) is 1.09. The first-order valence-electron chi connectivity index (χ1n) is 3.42. The van der Waals surface area contributed by atoms with Crippen LogP contribution in [0.15, 0.2) is 0 Å². The Morgan fingerprint density at radius 1 is 1.60 bits per heavy atom. The largest absolute Gasteiger partial charge is 0.480 e. The number of aliphatic carboxylic acids is 1. The molecule has 0 aromatic rings. The first kappa shape index (κ1) is 7.50. The molecule has 4 nitrogen and oxygen atoms in total. The molecule has 1 saturated heterocycles. The third-order valence-electron chi connectivity index (χ3n) is 1.75. The number of piperidine rings is 1. The van der Waals surface area contributed by atoms with Gasteiger partial charge in [-0.3, -0.25) is 4.79 Å². The third-order valence-corrected chi connectivity index (χ3v) is 1.75. The number of carboxylic acids is 1. The molecule has 0 aromatic carbocycles. The highest BCUT2D eigenvalue weighted by Gasteiger charge is 2.22. The molecular formula is C6H12N2O2. The molecule has 0 radical (unpaired) electrons. The standard InChI is InChI=1S/C6H12N2O2/c7-4-1-2-5(6(9)10)8-3-4/h4-5,8H,1-3,7H2,(H,9,10)/t4-,5+/m0/s1. The second-order valence-corrected chi connectivity index (χ2v) is 2.64. The van der Waals surface area contributed by atoms with Crippen LogP contribution in [0.4, 0.5) is 0 Å². The first-order valence-corrected chi connectivity index (χ1v) is 3.42. The smallest absolute Gasteiger partial charge is 0.320 e. The average Bonchev–Trinajstić information content (AvgIpc) is 1.88. The summed E-state index contributed by atoms with van der Waals surface area (Å²) in [5.41, 5.74) is 5.54. The molecule has 1 fully saturated rings. The molecule has 1 aliphatic heterocycles. The van der Waals surface area contributed by atoms with Crippen molar-refractivity contribution in [2.45, 2.75) is 24.9 Å². The van der Waals surface area contributed by atoms with Crippen LogP contribution in [-0.2, 0) is 4.79 Å². The van der Waals surface area contributed by atoms with E-state index in [0.717, 1.165) is 6.42 Å². The molecule has 1 aliphatic rings. The van der Waals surface area contributed by atoms with Gasteiger partial charge in [0.2, 0.25) is 0 Å². The summed E-state index contributed by atoms with van der Waals surface area (Å²) in [4.78, 5) is 10.4. The molecular weight excluding hydrogens is 132 g/mol. The number of carbonyl (C=O) groups is 1. The fraction of sp³-hybridized carbons (Fsp3) is 0.833. The Morgan fingerprint density at radius 2 is 2.30 bits per heavy atom. The summed E-state index contributed by atoms with van der Waals surface area (Å²) in [5, 5.41) is 11.4. The van der Waals surface area contributed by atoms with Crippen LogP contribution in [0.5, 0.6) is 0 Å². The summed E-state index contributed by atoms with van der Waals surface area (Å²) >= 11 is 0. The summed E-state index contributed by atoms with van der Waals surface area (Å²) in [6, 6.07) is -0.240. The van der Waals surface area contributed by atoms with Crippen molar-refractivity contribution in [2.24, 2.45) is 5.73 Å². The van der Waals surface area contributed by atoms with Gasteiger partial charge in [-0.05, 0) is 12.8 Å². The van der Waals surface area contributed by atoms with Crippen LogP contribution < -0.4 is 11.1 Å². The molecule has 4 heteroatoms. The number of nitrogens with one attached hydrogen (secondary N) is 1. The lowest BCUT2D eigenvalue weighted by Crippen LogP contribution is -2.48. The number of hydrogen-bond donors (Lipinski definition) is 3. The van der Waals surface area contributed by atoms with Gasteiger partial charge in [-0.15, -0.1) is 0 Å². The van der Waals surface area contributed by atoms with E-state index >= 15 is 0 Å². The van der Waals surface area contributed by atoms with E-state index in [9.17, 15) is 4.79 Å². The second-order valence-electron chi connectivity index (χ2n) is 2.64. The summed E-state index contributed by atoms with van der Waals surface area (Å²) in [5.74, 6) is -0.771. The summed E-state index contributed by atoms with van der Waals surface area (Å²) in [7, 11) is 0. The van der Waals surface area contributed by atoms with Crippen molar-refractivity contribution < 1.29 is 9.90 Å². The number of nitrogens with two attached hydrogens (primary N) is 1. The van der Waals surface area contributed by atoms with Gasteiger partial charge in [-0.2, -0.15) is 0 Å². The minimum absolute atomic E-state index is 0.135. The lowest BCUT2D eigenvalue weighted by Gasteiger charge is -2.24. The minimum atomic E-state index is -0.771. The SMILES string of the molecule is N[C@H]1CC[C@H](C(=O)O)NC1. The van der Waals surface area contributed by atoms with E-state index in [1.807, 2.05) is 0 Å². The summed E-state index contributed by atoms with van der Waals surface area (Å²) in [6.07, 6.45) is 1.46. The highest BCUT2D eigenvalue weighted by molar-refractivity contribution is 5.73. The molecule has 4 N–H and O–H groups in total. The molecule has 0 amide bonds. The van der Waals surface area contributed by atoms with E-state index in [-0.39, 0.29) is 12.1 Å². The molecule has 0 aromatic heterocycles. The van der Waals surface area contributed by atoms with E-state index in [0.29, 0.717) is 13.0 Å². The molecule has 0 bridgehead atoms. The number of hydrogen-bond acceptors (Lipinski definition) is 3. The minimum Gasteiger partial charge on any atom is -0.480 e. The van der Waals surface area contributed by atoms with Crippen molar-refractivity contribution in [3.8, 4) is 0 Å². The Bertz CT molecular complexity index is 130. The van der Waals surface area contributed by atoms with Crippen molar-refractivity contribution in [3.63, 3.8) is 0 Å². The third kappa shape index (κ3) is 1.68. The monoisotopic (exact) mass is 144 g/mol. The first-order chi connectivity index (χ1) is 4.70. The Hall–Kier alpha value is -0.610. The molecule has 10 heavy (non-hydrogen) atoms. The average molecular weight is 144 g/mol. The van der Waals surface area contributed by atoms with E-state index in [4.69, 9.17) is 10.8 Å². The van der Waals surface area contributed by atoms with Gasteiger partial charge < -0.3 is 16.2 Å². The predicted octanol–water partition coefficient (Wildman–Crippen LogP) is -0.850. The van der Waals surface area contributed by atoms with E-state index in [2.05, 4.69) is 5.32 Å². The Kier molecular flexibility index (Phi) is 2.24. The van der Waals surface area contributed by atoms with Crippen molar-refractivity contribution >= 4 is 5.97 Å². The maximum absolute atomic E-state index is 10.4. The molecule has 58 valence electrons. The maximum Gasteiger partial charge on any atom is 0.320 e. The highest BCUT2D eigenvalue weighted by Crippen LogP contribution is 2.05. The molecule has 0 saturated carbocycles. The van der Waals surface area contributed by atoms with Gasteiger partial charge >= 0.3 is 5.97 Å². The zero-order valence-corrected chi connectivity index (χ0v) is 5.71. The Balaban J connectivity index is 2.33. The quantitative estimate of drug-likeness (QED) is 0.448. The van der Waals surface area contributed by atoms with Gasteiger partial charge in [0.15, 0.2) is 0 Å². The van der Waals surface area contributed by atoms with E-state index < -0.39 is 5.97 Å². The topological polar surface area (TPSA) is 75.4 Å². The predicted molar refractivity (Wildman–Crippen MR) is 36.6 cm³/mol. The zero-order valence-electron chi connectivity index (χ0n) is 5.71. The lowest BCUT2D eigenvalue weighted by molar-refractivity contribution is -0.140. The van der Waals surface area contributed by atoms with Crippen LogP contribution in [0.1, 0.15) is 12.8 Å². The molecule has 0 unspecified atom stereocenters. The maximum atomic E-state index is 10.4. The van der Waals surface area contributed by atoms with Crippen LogP contribution in [0.3, 0.4) is 0 Å². The van der Waals surface area contributed by atoms with Gasteiger partial charge in [0.05, 0.1) is 0 Å². The molecule has 1 heterocycles. The van der Waals surface area contributed by atoms with Gasteiger partial charge in [0.1, 0.15) is 6.04 Å². The van der Waals surface area contributed by atoms with Gasteiger partial charge in [-0.1, -0.05) is 0 Å². The number of rotatable bonds is 1. The van der Waals surface area contributed by atoms with Crippen molar-refractivity contribution in [1.29, 1.82) is 0 Å². The van der Waals surface area contributed by atoms with E-state index in [1.165, 1.54) is 0 Å². The Morgan fingerprint density at radius 3 is 2.70 bits per heavy atom. The highest BCUT2D eigenvalue weighted by atomic mass is 16.4. The van der Waals surface area contributed by atoms with Crippen LogP contribution in [0.2, 0.25) is 0 Å². The van der Waals surface area contributed by atoms with Crippen molar-refractivity contribution in [1.82, 2.24) is 5.32 Å². The molecule has 2 atom stereocenters. The number of carboxylic acid groups (broad SMARTS) is 1. The van der Waals surface area contributed by atoms with Crippen molar-refractivity contribution in [3.05, 3.63) is 0 Å². The van der Waals surface area contributed by atoms with Crippen LogP contribution >= 0.6 is 0 Å². The van der Waals surface area contributed by atoms with Gasteiger partial charge in [0, 0.05) is 12.6 Å². The van der Waals surface area contributed by atoms with Crippen molar-refractivity contribution in [2.75, 3.05) is 6.54 Å². The second kappa shape index (κ2) is 2.98. The fourth-order valence-electron chi connectivity index (χ4n) is 1.09. The van der Waals surface area contributed by atoms with Gasteiger partial charge in [0.25, 0.3) is 0 Å². The molecule has 0 aliphatic carbocycles. The normalized spacial score (nSPS) is 33.7. The summed E-state index contributed by atoms with van der Waals surface area (Å²) < 4.78 is 0.